The summed E-state index contributed by atoms with van der Waals surface area (Å²) in [5.41, 5.74) is 5.98. The molecule has 5 unspecified atom stereocenters. The molecule has 2 aliphatic rings. The molecule has 0 spiro atoms. The number of nitrogen functional groups attached to an aromatic ring is 1. The normalized spacial score (nSPS) is 30.0. The molecule has 12 atom stereocenters. The number of alkyl halides is 1. The summed E-state index contributed by atoms with van der Waals surface area (Å²) in [6.45, 7) is -2.83. The van der Waals surface area contributed by atoms with Crippen LogP contribution in [0.15, 0.2) is 12.7 Å². The first-order valence-electron chi connectivity index (χ1n) is 15.1. The summed E-state index contributed by atoms with van der Waals surface area (Å²) < 4.78 is 75.9. The lowest BCUT2D eigenvalue weighted by Gasteiger charge is -2.45. The van der Waals surface area contributed by atoms with Crippen molar-refractivity contribution in [2.45, 2.75) is 83.0 Å². The number of phosphoric ester groups is 1. The summed E-state index contributed by atoms with van der Waals surface area (Å²) in [4.78, 5) is 93.0. The molecule has 2 fully saturated rings. The first-order chi connectivity index (χ1) is 24.7. The van der Waals surface area contributed by atoms with Gasteiger partial charge in [-0.2, -0.15) is 0 Å². The smallest absolute Gasteiger partial charge is 0.462 e. The van der Waals surface area contributed by atoms with E-state index >= 15 is 4.39 Å². The van der Waals surface area contributed by atoms with Crippen LogP contribution in [0.25, 0.3) is 11.2 Å². The third-order valence-electron chi connectivity index (χ3n) is 7.33. The number of imidazole rings is 1. The van der Waals surface area contributed by atoms with Crippen LogP contribution in [0.1, 0.15) is 33.9 Å². The quantitative estimate of drug-likeness (QED) is 0.0745. The van der Waals surface area contributed by atoms with Crippen molar-refractivity contribution < 1.29 is 89.6 Å². The number of phosphoric acid groups is 1. The Labute approximate surface area is 302 Å². The number of rotatable bonds is 15. The summed E-state index contributed by atoms with van der Waals surface area (Å²) in [6.07, 6.45) is -14.2. The van der Waals surface area contributed by atoms with Crippen molar-refractivity contribution in [2.24, 2.45) is 5.92 Å². The second-order valence-corrected chi connectivity index (χ2v) is 15.7. The third-order valence-corrected chi connectivity index (χ3v) is 10.8. The zero-order valence-corrected chi connectivity index (χ0v) is 30.5. The molecule has 0 bridgehead atoms. The summed E-state index contributed by atoms with van der Waals surface area (Å²) in [7, 11) is -5.72. The average Bonchev–Trinajstić information content (AvgIpc) is 3.59. The fourth-order valence-corrected chi connectivity index (χ4v) is 8.40. The highest BCUT2D eigenvalue weighted by molar-refractivity contribution is 8.08. The maximum Gasteiger partial charge on any atom is 0.481 e. The Kier molecular flexibility index (Phi) is 13.7. The SMILES string of the molecule is CC(=O)OC[C@@H](OC(C)=O)C1O[C@@H](OP(=O)(O)OP(O)(=S)OC[C@H]2O[C@@H](n3cnc4c(N)ncnc43)[C@@H](O)[C@H]2F)C(OC(C)=O)C(C=O)[C@@H]1OC(C)=O. The van der Waals surface area contributed by atoms with Gasteiger partial charge in [-0.15, -0.1) is 0 Å². The van der Waals surface area contributed by atoms with Crippen molar-refractivity contribution in [1.29, 1.82) is 0 Å². The van der Waals surface area contributed by atoms with Crippen LogP contribution in [0.4, 0.5) is 10.2 Å². The number of fused-ring (bicyclic) bond motifs is 1. The van der Waals surface area contributed by atoms with Gasteiger partial charge < -0.3 is 58.4 Å². The largest absolute Gasteiger partial charge is 0.481 e. The van der Waals surface area contributed by atoms with Crippen LogP contribution in [0.5, 0.6) is 0 Å². The summed E-state index contributed by atoms with van der Waals surface area (Å²) >= 11 is 4.81. The lowest BCUT2D eigenvalue weighted by atomic mass is 9.87. The number of carbonyl (C=O) groups excluding carboxylic acids is 5. The molecule has 0 aromatic carbocycles. The molecule has 0 radical (unpaired) electrons. The highest BCUT2D eigenvalue weighted by Gasteiger charge is 2.56. The Morgan fingerprint density at radius 1 is 1.06 bits per heavy atom. The van der Waals surface area contributed by atoms with Crippen LogP contribution in [-0.2, 0) is 82.1 Å². The van der Waals surface area contributed by atoms with Crippen molar-refractivity contribution in [3.63, 3.8) is 0 Å². The van der Waals surface area contributed by atoms with Crippen molar-refractivity contribution in [1.82, 2.24) is 19.5 Å². The zero-order valence-electron chi connectivity index (χ0n) is 27.9. The third kappa shape index (κ3) is 10.5. The number of hydrogen-bond donors (Lipinski definition) is 4. The minimum atomic E-state index is -5.72. The molecule has 2 saturated heterocycles. The van der Waals surface area contributed by atoms with Crippen LogP contribution < -0.4 is 5.73 Å². The molecule has 0 aliphatic carbocycles. The fourth-order valence-electron chi connectivity index (χ4n) is 5.31. The van der Waals surface area contributed by atoms with Gasteiger partial charge in [0.2, 0.25) is 6.29 Å². The van der Waals surface area contributed by atoms with E-state index in [1.807, 2.05) is 0 Å². The summed E-state index contributed by atoms with van der Waals surface area (Å²) in [5.74, 6) is -5.68. The predicted octanol–water partition coefficient (Wildman–Crippen LogP) is -0.730. The lowest BCUT2D eigenvalue weighted by molar-refractivity contribution is -0.283. The molecule has 27 heteroatoms. The number of esters is 4. The van der Waals surface area contributed by atoms with Crippen molar-refractivity contribution in [3.8, 4) is 0 Å². The molecule has 5 N–H and O–H groups in total. The fraction of sp³-hybridized carbons (Fsp3) is 0.615. The number of nitrogens with zero attached hydrogens (tertiary/aromatic N) is 4. The number of carbonyl (C=O) groups is 5. The Hall–Kier alpha value is -3.61. The molecule has 2 aromatic heterocycles. The minimum Gasteiger partial charge on any atom is -0.462 e. The monoisotopic (exact) mass is 817 g/mol. The van der Waals surface area contributed by atoms with E-state index in [0.717, 1.165) is 40.3 Å². The van der Waals surface area contributed by atoms with E-state index in [4.69, 9.17) is 55.0 Å². The number of aldehydes is 1. The van der Waals surface area contributed by atoms with Crippen LogP contribution in [-0.4, -0.2) is 127 Å². The van der Waals surface area contributed by atoms with Gasteiger partial charge in [0.05, 0.1) is 18.9 Å². The van der Waals surface area contributed by atoms with E-state index in [9.17, 15) is 43.4 Å². The van der Waals surface area contributed by atoms with Gasteiger partial charge in [-0.25, -0.2) is 28.2 Å². The van der Waals surface area contributed by atoms with E-state index in [1.54, 1.807) is 0 Å². The molecular formula is C26H34FN5O18P2S. The molecule has 23 nitrogen and oxygen atoms in total. The van der Waals surface area contributed by atoms with Gasteiger partial charge in [0.25, 0.3) is 0 Å². The molecule has 4 heterocycles. The lowest BCUT2D eigenvalue weighted by Crippen LogP contribution is -2.62. The van der Waals surface area contributed by atoms with Gasteiger partial charge in [-0.05, 0) is 11.8 Å². The average molecular weight is 818 g/mol. The van der Waals surface area contributed by atoms with Gasteiger partial charge in [0.1, 0.15) is 49.2 Å². The molecular weight excluding hydrogens is 783 g/mol. The maximum atomic E-state index is 15.1. The number of anilines is 1. The molecule has 2 aromatic rings. The first kappa shape index (κ1) is 42.1. The Morgan fingerprint density at radius 3 is 2.32 bits per heavy atom. The van der Waals surface area contributed by atoms with E-state index < -0.39 is 113 Å². The zero-order chi connectivity index (χ0) is 39.4. The molecule has 2 aliphatic heterocycles. The van der Waals surface area contributed by atoms with Crippen LogP contribution in [0.3, 0.4) is 0 Å². The van der Waals surface area contributed by atoms with E-state index in [1.165, 1.54) is 4.57 Å². The van der Waals surface area contributed by atoms with Crippen molar-refractivity contribution in [3.05, 3.63) is 12.7 Å². The number of hydrogen-bond acceptors (Lipinski definition) is 21. The highest BCUT2D eigenvalue weighted by Crippen LogP contribution is 2.62. The first-order valence-corrected chi connectivity index (χ1v) is 19.2. The van der Waals surface area contributed by atoms with Crippen molar-refractivity contribution in [2.75, 3.05) is 18.9 Å². The number of aliphatic hydroxyl groups excluding tert-OH is 1. The number of aliphatic hydroxyl groups is 1. The minimum absolute atomic E-state index is 0.00267. The molecule has 294 valence electrons. The molecule has 53 heavy (non-hydrogen) atoms. The van der Waals surface area contributed by atoms with Crippen molar-refractivity contribution >= 4 is 73.5 Å². The van der Waals surface area contributed by atoms with Gasteiger partial charge in [-0.3, -0.25) is 28.3 Å². The van der Waals surface area contributed by atoms with E-state index in [-0.39, 0.29) is 23.3 Å². The summed E-state index contributed by atoms with van der Waals surface area (Å²) in [6, 6.07) is 0. The molecule has 4 rings (SSSR count). The van der Waals surface area contributed by atoms with Crippen LogP contribution >= 0.6 is 14.5 Å². The number of aromatic nitrogens is 4. The van der Waals surface area contributed by atoms with Gasteiger partial charge in [-0.1, -0.05) is 0 Å². The van der Waals surface area contributed by atoms with E-state index in [2.05, 4.69) is 19.3 Å². The summed E-state index contributed by atoms with van der Waals surface area (Å²) in [5, 5.41) is 10.5. The van der Waals surface area contributed by atoms with Gasteiger partial charge in [0.15, 0.2) is 36.1 Å². The standard InChI is InChI=1S/C26H34FN5O18P2S/c1-10(34)42-6-16(44-11(2)35)22-20(45-12(3)36)14(5-33)21(46-13(4)37)26(48-22)49-51(39,40)50-52(41,53)43-7-15-17(27)19(38)25(47-15)32-9-31-18-23(28)29-8-30-24(18)32/h5,8-9,14-17,19-22,25-26,38H,6-7H2,1-4H3,(H,39,40)(H,41,53)(H2,28,29,30)/t14?,15-,16-,17+,19+,20+,21?,22?,25-,26+,52?/m1/s1. The second kappa shape index (κ2) is 17.2. The Morgan fingerprint density at radius 2 is 1.72 bits per heavy atom. The topological polar surface area (TPSA) is 316 Å². The van der Waals surface area contributed by atoms with Gasteiger partial charge in [0, 0.05) is 27.7 Å². The van der Waals surface area contributed by atoms with Crippen LogP contribution in [0.2, 0.25) is 0 Å². The Balaban J connectivity index is 1.53. The maximum absolute atomic E-state index is 15.1. The Bertz CT molecular complexity index is 1810. The van der Waals surface area contributed by atoms with E-state index in [0.29, 0.717) is 0 Å². The second-order valence-electron chi connectivity index (χ2n) is 11.3. The predicted molar refractivity (Wildman–Crippen MR) is 171 cm³/mol. The molecule has 0 amide bonds. The van der Waals surface area contributed by atoms with Gasteiger partial charge >= 0.3 is 38.4 Å². The van der Waals surface area contributed by atoms with Crippen LogP contribution in [0, 0.1) is 5.92 Å². The molecule has 0 saturated carbocycles. The number of nitrogens with two attached hydrogens (primary N) is 1. The number of ether oxygens (including phenoxy) is 6. The number of halogens is 1. The highest BCUT2D eigenvalue weighted by atomic mass is 32.5.